The minimum absolute atomic E-state index is 0.00697. The molecule has 1 aromatic heterocycles. The van der Waals surface area contributed by atoms with E-state index in [1.54, 1.807) is 30.3 Å². The maximum absolute atomic E-state index is 13.1. The molecule has 10 nitrogen and oxygen atoms in total. The summed E-state index contributed by atoms with van der Waals surface area (Å²) >= 11 is 0. The second-order valence-electron chi connectivity index (χ2n) is 9.91. The van der Waals surface area contributed by atoms with Gasteiger partial charge in [-0.3, -0.25) is 19.0 Å². The van der Waals surface area contributed by atoms with Gasteiger partial charge >= 0.3 is 12.1 Å². The van der Waals surface area contributed by atoms with Gasteiger partial charge in [0.1, 0.15) is 11.4 Å². The van der Waals surface area contributed by atoms with Crippen molar-refractivity contribution in [1.82, 2.24) is 25.1 Å². The zero-order valence-corrected chi connectivity index (χ0v) is 22.3. The molecule has 3 N–H and O–H groups in total. The van der Waals surface area contributed by atoms with Crippen molar-refractivity contribution in [3.8, 4) is 5.75 Å². The zero-order chi connectivity index (χ0) is 29.6. The molecule has 0 saturated carbocycles. The number of piperidine rings is 1. The number of amides is 2. The molecule has 0 aliphatic carbocycles. The summed E-state index contributed by atoms with van der Waals surface area (Å²) in [6.45, 7) is 1.78. The SMILES string of the molecule is CN1CCC(CNC(=O)c2ccc(CNC(=O)c3cc(=O)n(Cc4ccccc4)c(=O)[nH]3)c(OC(F)(F)F)c2)CC1. The monoisotopic (exact) mass is 573 g/mol. The number of aromatic nitrogens is 2. The molecule has 2 heterocycles. The highest BCUT2D eigenvalue weighted by Crippen LogP contribution is 2.28. The number of H-pyrrole nitrogens is 1. The first-order chi connectivity index (χ1) is 19.5. The van der Waals surface area contributed by atoms with Gasteiger partial charge in [0.25, 0.3) is 17.4 Å². The summed E-state index contributed by atoms with van der Waals surface area (Å²) in [4.78, 5) is 54.8. The molecule has 0 radical (unpaired) electrons. The van der Waals surface area contributed by atoms with Gasteiger partial charge in [0.2, 0.25) is 0 Å². The highest BCUT2D eigenvalue weighted by Gasteiger charge is 2.32. The normalized spacial score (nSPS) is 14.4. The first-order valence-corrected chi connectivity index (χ1v) is 13.0. The van der Waals surface area contributed by atoms with Crippen LogP contribution in [-0.4, -0.2) is 59.3 Å². The predicted octanol–water partition coefficient (Wildman–Crippen LogP) is 2.49. The molecule has 0 spiro atoms. The summed E-state index contributed by atoms with van der Waals surface area (Å²) in [7, 11) is 2.02. The average Bonchev–Trinajstić information content (AvgIpc) is 2.93. The van der Waals surface area contributed by atoms with E-state index in [2.05, 4.69) is 25.3 Å². The second kappa shape index (κ2) is 12.9. The van der Waals surface area contributed by atoms with Gasteiger partial charge in [-0.15, -0.1) is 13.2 Å². The Morgan fingerprint density at radius 2 is 1.71 bits per heavy atom. The minimum Gasteiger partial charge on any atom is -0.405 e. The summed E-state index contributed by atoms with van der Waals surface area (Å²) in [6, 6.07) is 13.2. The lowest BCUT2D eigenvalue weighted by Gasteiger charge is -2.28. The van der Waals surface area contributed by atoms with Crippen LogP contribution in [0.3, 0.4) is 0 Å². The van der Waals surface area contributed by atoms with Crippen LogP contribution in [0.2, 0.25) is 0 Å². The van der Waals surface area contributed by atoms with Crippen molar-refractivity contribution in [3.05, 3.63) is 97.8 Å². The Hall–Kier alpha value is -4.39. The number of nitrogens with one attached hydrogen (secondary N) is 3. The summed E-state index contributed by atoms with van der Waals surface area (Å²) < 4.78 is 44.4. The van der Waals surface area contributed by atoms with Crippen molar-refractivity contribution in [2.75, 3.05) is 26.7 Å². The molecular formula is C28H30F3N5O5. The van der Waals surface area contributed by atoms with Crippen LogP contribution in [0.5, 0.6) is 5.75 Å². The summed E-state index contributed by atoms with van der Waals surface area (Å²) in [5.41, 5.74) is -1.29. The Balaban J connectivity index is 1.44. The van der Waals surface area contributed by atoms with Gasteiger partial charge < -0.3 is 25.3 Å². The average molecular weight is 574 g/mol. The number of ether oxygens (including phenoxy) is 1. The van der Waals surface area contributed by atoms with Crippen molar-refractivity contribution >= 4 is 11.8 Å². The second-order valence-corrected chi connectivity index (χ2v) is 9.91. The van der Waals surface area contributed by atoms with Crippen LogP contribution < -0.4 is 26.6 Å². The predicted molar refractivity (Wildman–Crippen MR) is 144 cm³/mol. The van der Waals surface area contributed by atoms with Crippen molar-refractivity contribution in [2.45, 2.75) is 32.3 Å². The number of halogens is 3. The molecule has 1 aliphatic heterocycles. The number of nitrogens with zero attached hydrogens (tertiary/aromatic N) is 2. The quantitative estimate of drug-likeness (QED) is 0.361. The van der Waals surface area contributed by atoms with E-state index in [0.717, 1.165) is 42.6 Å². The number of aromatic amines is 1. The minimum atomic E-state index is -5.05. The van der Waals surface area contributed by atoms with Gasteiger partial charge in [-0.1, -0.05) is 36.4 Å². The van der Waals surface area contributed by atoms with Crippen LogP contribution in [0.25, 0.3) is 0 Å². The third-order valence-electron chi connectivity index (χ3n) is 6.83. The topological polar surface area (TPSA) is 126 Å². The Labute approximate surface area is 233 Å². The molecule has 1 aliphatic rings. The number of hydrogen-bond acceptors (Lipinski definition) is 6. The Kier molecular flexibility index (Phi) is 9.28. The van der Waals surface area contributed by atoms with Crippen molar-refractivity contribution < 1.29 is 27.5 Å². The zero-order valence-electron chi connectivity index (χ0n) is 22.3. The van der Waals surface area contributed by atoms with E-state index in [1.165, 1.54) is 12.1 Å². The number of benzene rings is 2. The molecule has 4 rings (SSSR count). The Morgan fingerprint density at radius 1 is 1.00 bits per heavy atom. The fourth-order valence-corrected chi connectivity index (χ4v) is 4.50. The molecule has 0 atom stereocenters. The summed E-state index contributed by atoms with van der Waals surface area (Å²) in [5, 5.41) is 5.14. The summed E-state index contributed by atoms with van der Waals surface area (Å²) in [5.74, 6) is -1.80. The van der Waals surface area contributed by atoms with Crippen molar-refractivity contribution in [2.24, 2.45) is 5.92 Å². The Bertz CT molecular complexity index is 1460. The largest absolute Gasteiger partial charge is 0.573 e. The van der Waals surface area contributed by atoms with E-state index >= 15 is 0 Å². The van der Waals surface area contributed by atoms with E-state index in [9.17, 15) is 32.3 Å². The third kappa shape index (κ3) is 8.30. The van der Waals surface area contributed by atoms with Gasteiger partial charge in [0.15, 0.2) is 0 Å². The van der Waals surface area contributed by atoms with Crippen LogP contribution in [0, 0.1) is 5.92 Å². The van der Waals surface area contributed by atoms with Crippen LogP contribution in [0.1, 0.15) is 44.8 Å². The summed E-state index contributed by atoms with van der Waals surface area (Å²) in [6.07, 6.45) is -3.23. The van der Waals surface area contributed by atoms with Gasteiger partial charge in [-0.05, 0) is 56.6 Å². The van der Waals surface area contributed by atoms with Crippen molar-refractivity contribution in [1.29, 1.82) is 0 Å². The van der Waals surface area contributed by atoms with Crippen LogP contribution in [0.4, 0.5) is 13.2 Å². The highest BCUT2D eigenvalue weighted by molar-refractivity contribution is 5.95. The van der Waals surface area contributed by atoms with Crippen LogP contribution in [-0.2, 0) is 13.1 Å². The van der Waals surface area contributed by atoms with E-state index in [-0.39, 0.29) is 29.3 Å². The fraction of sp³-hybridized carbons (Fsp3) is 0.357. The molecule has 0 bridgehead atoms. The van der Waals surface area contributed by atoms with Gasteiger partial charge in [-0.25, -0.2) is 4.79 Å². The lowest BCUT2D eigenvalue weighted by atomic mass is 9.97. The molecule has 0 unspecified atom stereocenters. The number of carbonyl (C=O) groups is 2. The molecule has 13 heteroatoms. The molecule has 3 aromatic rings. The molecule has 1 fully saturated rings. The first kappa shape index (κ1) is 29.6. The number of likely N-dealkylation sites (tertiary alicyclic amines) is 1. The standard InChI is InChI=1S/C28H30F3N5O5/c1-35-11-9-18(10-12-35)15-32-25(38)20-7-8-21(23(13-20)41-28(29,30)31)16-33-26(39)22-14-24(37)36(27(40)34-22)17-19-5-3-2-4-6-19/h2-8,13-14,18H,9-12,15-17H2,1H3,(H,32,38)(H,33,39)(H,34,40). The van der Waals surface area contributed by atoms with Crippen LogP contribution >= 0.6 is 0 Å². The first-order valence-electron chi connectivity index (χ1n) is 13.0. The third-order valence-corrected chi connectivity index (χ3v) is 6.83. The molecule has 2 amide bonds. The maximum Gasteiger partial charge on any atom is 0.573 e. The molecular weight excluding hydrogens is 543 g/mol. The lowest BCUT2D eigenvalue weighted by Crippen LogP contribution is -2.38. The maximum atomic E-state index is 13.1. The Morgan fingerprint density at radius 3 is 2.37 bits per heavy atom. The fourth-order valence-electron chi connectivity index (χ4n) is 4.50. The van der Waals surface area contributed by atoms with Crippen LogP contribution in [0.15, 0.2) is 64.2 Å². The van der Waals surface area contributed by atoms with E-state index in [0.29, 0.717) is 12.1 Å². The number of rotatable bonds is 9. The smallest absolute Gasteiger partial charge is 0.405 e. The molecule has 218 valence electrons. The molecule has 2 aromatic carbocycles. The number of alkyl halides is 3. The van der Waals surface area contributed by atoms with E-state index in [4.69, 9.17) is 0 Å². The number of carbonyl (C=O) groups excluding carboxylic acids is 2. The van der Waals surface area contributed by atoms with Gasteiger partial charge in [0.05, 0.1) is 6.54 Å². The van der Waals surface area contributed by atoms with Gasteiger partial charge in [0, 0.05) is 30.3 Å². The lowest BCUT2D eigenvalue weighted by molar-refractivity contribution is -0.274. The van der Waals surface area contributed by atoms with Gasteiger partial charge in [-0.2, -0.15) is 0 Å². The highest BCUT2D eigenvalue weighted by atomic mass is 19.4. The van der Waals surface area contributed by atoms with E-state index in [1.807, 2.05) is 7.05 Å². The van der Waals surface area contributed by atoms with E-state index < -0.39 is 41.7 Å². The number of hydrogen-bond donors (Lipinski definition) is 3. The van der Waals surface area contributed by atoms with Crippen molar-refractivity contribution in [3.63, 3.8) is 0 Å². The molecule has 1 saturated heterocycles. The molecule has 41 heavy (non-hydrogen) atoms.